The normalized spacial score (nSPS) is 12.6. The summed E-state index contributed by atoms with van der Waals surface area (Å²) in [6.45, 7) is 0. The van der Waals surface area contributed by atoms with Gasteiger partial charge < -0.3 is 0 Å². The molecule has 17 heavy (non-hydrogen) atoms. The molecule has 0 spiro atoms. The molecule has 0 aliphatic heterocycles. The Morgan fingerprint density at radius 2 is 2.18 bits per heavy atom. The number of thiophene rings is 1. The van der Waals surface area contributed by atoms with Crippen molar-refractivity contribution in [3.05, 3.63) is 50.4 Å². The molecular weight excluding hydrogens is 277 g/mol. The zero-order valence-electron chi connectivity index (χ0n) is 8.86. The fraction of sp³-hybridized carbons (Fsp3) is 0.182. The monoisotopic (exact) mass is 287 g/mol. The van der Waals surface area contributed by atoms with Gasteiger partial charge in [-0.2, -0.15) is 0 Å². The second-order valence-electron chi connectivity index (χ2n) is 3.52. The van der Waals surface area contributed by atoms with E-state index in [0.29, 0.717) is 11.4 Å². The summed E-state index contributed by atoms with van der Waals surface area (Å²) in [4.78, 5) is 4.97. The van der Waals surface area contributed by atoms with E-state index in [4.69, 9.17) is 29.0 Å². The van der Waals surface area contributed by atoms with Crippen LogP contribution >= 0.6 is 34.5 Å². The lowest BCUT2D eigenvalue weighted by molar-refractivity contribution is 0.560. The number of halogens is 2. The fourth-order valence-electron chi connectivity index (χ4n) is 1.57. The predicted octanol–water partition coefficient (Wildman–Crippen LogP) is 3.20. The molecular formula is C11H11Cl2N3S. The highest BCUT2D eigenvalue weighted by Crippen LogP contribution is 2.31. The molecule has 0 aromatic carbocycles. The van der Waals surface area contributed by atoms with Crippen LogP contribution in [0, 0.1) is 0 Å². The summed E-state index contributed by atoms with van der Waals surface area (Å²) in [5.41, 5.74) is 3.76. The first-order chi connectivity index (χ1) is 8.22. The molecule has 1 atom stereocenters. The third-order valence-electron chi connectivity index (χ3n) is 2.44. The van der Waals surface area contributed by atoms with Crippen LogP contribution in [-0.4, -0.2) is 4.98 Å². The number of pyridine rings is 1. The Morgan fingerprint density at radius 1 is 1.35 bits per heavy atom. The summed E-state index contributed by atoms with van der Waals surface area (Å²) >= 11 is 13.7. The highest BCUT2D eigenvalue weighted by atomic mass is 35.5. The summed E-state index contributed by atoms with van der Waals surface area (Å²) < 4.78 is 0. The molecule has 6 heteroatoms. The van der Waals surface area contributed by atoms with Crippen molar-refractivity contribution in [1.82, 2.24) is 10.4 Å². The molecule has 0 saturated carbocycles. The molecule has 0 saturated heterocycles. The number of hydrazine groups is 1. The van der Waals surface area contributed by atoms with Crippen LogP contribution in [0.3, 0.4) is 0 Å². The topological polar surface area (TPSA) is 50.9 Å². The largest absolute Gasteiger partial charge is 0.271 e. The Bertz CT molecular complexity index is 501. The lowest BCUT2D eigenvalue weighted by atomic mass is 10.1. The zero-order valence-corrected chi connectivity index (χ0v) is 11.2. The number of aromatic nitrogens is 1. The van der Waals surface area contributed by atoms with Gasteiger partial charge in [-0.1, -0.05) is 23.2 Å². The van der Waals surface area contributed by atoms with Crippen LogP contribution in [0.25, 0.3) is 0 Å². The Hall–Kier alpha value is -0.650. The highest BCUT2D eigenvalue weighted by molar-refractivity contribution is 7.10. The van der Waals surface area contributed by atoms with Crippen molar-refractivity contribution < 1.29 is 0 Å². The molecule has 0 amide bonds. The van der Waals surface area contributed by atoms with Crippen LogP contribution in [0.2, 0.25) is 10.0 Å². The van der Waals surface area contributed by atoms with Crippen LogP contribution in [0.1, 0.15) is 16.5 Å². The van der Waals surface area contributed by atoms with Crippen molar-refractivity contribution in [2.75, 3.05) is 0 Å². The number of nitrogens with two attached hydrogens (primary N) is 1. The first-order valence-corrected chi connectivity index (χ1v) is 6.63. The molecule has 90 valence electrons. The lowest BCUT2D eigenvalue weighted by Crippen LogP contribution is -2.29. The van der Waals surface area contributed by atoms with E-state index in [9.17, 15) is 0 Å². The Kier molecular flexibility index (Phi) is 4.36. The summed E-state index contributed by atoms with van der Waals surface area (Å²) in [7, 11) is 0. The van der Waals surface area contributed by atoms with Gasteiger partial charge in [-0.15, -0.1) is 11.3 Å². The van der Waals surface area contributed by atoms with E-state index in [1.165, 1.54) is 0 Å². The Labute approximate surface area is 114 Å². The van der Waals surface area contributed by atoms with Gasteiger partial charge in [-0.05, 0) is 29.5 Å². The van der Waals surface area contributed by atoms with Gasteiger partial charge in [-0.25, -0.2) is 0 Å². The summed E-state index contributed by atoms with van der Waals surface area (Å²) in [6, 6.07) is 3.70. The maximum Gasteiger partial charge on any atom is 0.0622 e. The molecule has 0 bridgehead atoms. The van der Waals surface area contributed by atoms with E-state index in [2.05, 4.69) is 10.4 Å². The van der Waals surface area contributed by atoms with Gasteiger partial charge in [0.2, 0.25) is 0 Å². The van der Waals surface area contributed by atoms with Gasteiger partial charge in [0.1, 0.15) is 0 Å². The van der Waals surface area contributed by atoms with Gasteiger partial charge in [0.05, 0.1) is 16.1 Å². The molecule has 3 N–H and O–H groups in total. The summed E-state index contributed by atoms with van der Waals surface area (Å²) in [5.74, 6) is 5.57. The zero-order chi connectivity index (χ0) is 12.3. The maximum absolute atomic E-state index is 6.09. The third kappa shape index (κ3) is 2.97. The summed E-state index contributed by atoms with van der Waals surface area (Å²) in [5, 5.41) is 3.31. The third-order valence-corrected chi connectivity index (χ3v) is 4.26. The van der Waals surface area contributed by atoms with Crippen molar-refractivity contribution in [2.45, 2.75) is 12.5 Å². The first kappa shape index (κ1) is 12.8. The average molecular weight is 288 g/mol. The number of rotatable bonds is 4. The van der Waals surface area contributed by atoms with Crippen LogP contribution in [-0.2, 0) is 6.42 Å². The smallest absolute Gasteiger partial charge is 0.0622 e. The maximum atomic E-state index is 6.09. The van der Waals surface area contributed by atoms with Crippen LogP contribution in [0.15, 0.2) is 29.9 Å². The fourth-order valence-corrected chi connectivity index (χ4v) is 3.02. The minimum Gasteiger partial charge on any atom is -0.271 e. The van der Waals surface area contributed by atoms with Crippen LogP contribution < -0.4 is 11.3 Å². The number of nitrogens with one attached hydrogen (secondary N) is 1. The van der Waals surface area contributed by atoms with Crippen LogP contribution in [0.4, 0.5) is 0 Å². The predicted molar refractivity (Wildman–Crippen MR) is 72.3 cm³/mol. The molecule has 0 fully saturated rings. The van der Waals surface area contributed by atoms with E-state index in [1.807, 2.05) is 17.5 Å². The van der Waals surface area contributed by atoms with Gasteiger partial charge >= 0.3 is 0 Å². The molecule has 0 aliphatic carbocycles. The summed E-state index contributed by atoms with van der Waals surface area (Å²) in [6.07, 6.45) is 4.02. The molecule has 0 radical (unpaired) electrons. The lowest BCUT2D eigenvalue weighted by Gasteiger charge is -2.15. The Balaban J connectivity index is 2.22. The quantitative estimate of drug-likeness (QED) is 0.671. The van der Waals surface area contributed by atoms with Gasteiger partial charge in [0.25, 0.3) is 0 Å². The highest BCUT2D eigenvalue weighted by Gasteiger charge is 2.16. The van der Waals surface area contributed by atoms with Gasteiger partial charge in [0, 0.05) is 17.3 Å². The van der Waals surface area contributed by atoms with Crippen molar-refractivity contribution in [3.63, 3.8) is 0 Å². The van der Waals surface area contributed by atoms with E-state index >= 15 is 0 Å². The van der Waals surface area contributed by atoms with Crippen molar-refractivity contribution in [1.29, 1.82) is 0 Å². The molecule has 1 unspecified atom stereocenters. The van der Waals surface area contributed by atoms with Crippen molar-refractivity contribution >= 4 is 34.5 Å². The van der Waals surface area contributed by atoms with E-state index in [1.54, 1.807) is 23.7 Å². The molecule has 2 heterocycles. The molecule has 2 aromatic heterocycles. The minimum atomic E-state index is -0.0394. The number of hydrogen-bond acceptors (Lipinski definition) is 4. The molecule has 2 rings (SSSR count). The number of hydrogen-bond donors (Lipinski definition) is 2. The van der Waals surface area contributed by atoms with E-state index in [-0.39, 0.29) is 6.04 Å². The molecule has 0 aliphatic rings. The van der Waals surface area contributed by atoms with Crippen molar-refractivity contribution in [3.8, 4) is 0 Å². The van der Waals surface area contributed by atoms with E-state index < -0.39 is 0 Å². The Morgan fingerprint density at radius 3 is 2.76 bits per heavy atom. The van der Waals surface area contributed by atoms with Gasteiger partial charge in [-0.3, -0.25) is 16.3 Å². The number of nitrogens with zero attached hydrogens (tertiary/aromatic N) is 1. The average Bonchev–Trinajstić information content (AvgIpc) is 2.75. The molecule has 3 nitrogen and oxygen atoms in total. The van der Waals surface area contributed by atoms with Crippen LogP contribution in [0.5, 0.6) is 0 Å². The molecule has 2 aromatic rings. The second kappa shape index (κ2) is 5.80. The standard InChI is InChI=1S/C11H11Cl2N3S/c12-8-2-4-17-11(8)10(16-14)5-7-1-3-15-6-9(7)13/h1-4,6,10,16H,5,14H2. The first-order valence-electron chi connectivity index (χ1n) is 4.99. The van der Waals surface area contributed by atoms with E-state index in [0.717, 1.165) is 15.5 Å². The minimum absolute atomic E-state index is 0.0394. The van der Waals surface area contributed by atoms with Gasteiger partial charge in [0.15, 0.2) is 0 Å². The second-order valence-corrected chi connectivity index (χ2v) is 5.29. The van der Waals surface area contributed by atoms with Crippen molar-refractivity contribution in [2.24, 2.45) is 5.84 Å². The SMILES string of the molecule is NNC(Cc1ccncc1Cl)c1sccc1Cl.